The monoisotopic (exact) mass is 339 g/mol. The molecule has 0 radical (unpaired) electrons. The second-order valence-electron chi connectivity index (χ2n) is 5.73. The van der Waals surface area contributed by atoms with Gasteiger partial charge >= 0.3 is 0 Å². The molecule has 0 aromatic heterocycles. The number of nitrogens with zero attached hydrogens (tertiary/aromatic N) is 1. The Hall–Kier alpha value is -0.210. The van der Waals surface area contributed by atoms with E-state index in [1.54, 1.807) is 0 Å². The molecule has 0 aliphatic heterocycles. The molecule has 22 heavy (non-hydrogen) atoms. The second-order valence-corrected chi connectivity index (χ2v) is 7.30. The van der Waals surface area contributed by atoms with Crippen LogP contribution in [0.4, 0.5) is 0 Å². The van der Waals surface area contributed by atoms with Crippen LogP contribution in [0.15, 0.2) is 0 Å². The topological polar surface area (TPSA) is 87.1 Å². The fourth-order valence-electron chi connectivity index (χ4n) is 2.21. The smallest absolute Gasteiger partial charge is 0.264 e. The third kappa shape index (κ3) is 17.8. The van der Waals surface area contributed by atoms with E-state index in [1.165, 1.54) is 51.4 Å². The summed E-state index contributed by atoms with van der Waals surface area (Å²) in [6.07, 6.45) is 12.4. The number of unbranched alkanes of at least 4 members (excludes halogenated alkanes) is 9. The van der Waals surface area contributed by atoms with Gasteiger partial charge in [0.2, 0.25) is 0 Å². The molecule has 134 valence electrons. The van der Waals surface area contributed by atoms with Crippen molar-refractivity contribution in [3.05, 3.63) is 0 Å². The van der Waals surface area contributed by atoms with Gasteiger partial charge in [0.25, 0.3) is 10.1 Å². The Balaban J connectivity index is 3.23. The molecule has 0 saturated carbocycles. The first kappa shape index (κ1) is 21.8. The number of hydrogen-bond donors (Lipinski definition) is 2. The van der Waals surface area contributed by atoms with Crippen molar-refractivity contribution in [1.82, 2.24) is 5.23 Å². The largest absolute Gasteiger partial charge is 0.290 e. The first-order valence-corrected chi connectivity index (χ1v) is 10.1. The van der Waals surface area contributed by atoms with Gasteiger partial charge in [-0.25, -0.2) is 0 Å². The van der Waals surface area contributed by atoms with Gasteiger partial charge in [-0.2, -0.15) is 8.42 Å². The van der Waals surface area contributed by atoms with Crippen LogP contribution in [0, 0.1) is 0 Å². The second kappa shape index (κ2) is 14.4. The SMILES string of the molecule is CCCCCCCCCCCCN(O)OCCCS(=O)(=O)O. The minimum Gasteiger partial charge on any atom is -0.290 e. The highest BCUT2D eigenvalue weighted by molar-refractivity contribution is 7.85. The maximum absolute atomic E-state index is 10.5. The molecule has 2 N–H and O–H groups in total. The number of hydroxylamine groups is 2. The molecular formula is C15H33NO5S. The zero-order valence-electron chi connectivity index (χ0n) is 13.9. The fourth-order valence-corrected chi connectivity index (χ4v) is 2.69. The van der Waals surface area contributed by atoms with Gasteiger partial charge < -0.3 is 0 Å². The summed E-state index contributed by atoms with van der Waals surface area (Å²) in [5, 5.41) is 10.2. The van der Waals surface area contributed by atoms with Gasteiger partial charge in [0.1, 0.15) is 0 Å². The summed E-state index contributed by atoms with van der Waals surface area (Å²) in [7, 11) is -3.94. The molecule has 0 saturated heterocycles. The van der Waals surface area contributed by atoms with E-state index < -0.39 is 10.1 Å². The predicted molar refractivity (Wildman–Crippen MR) is 87.3 cm³/mol. The van der Waals surface area contributed by atoms with Crippen molar-refractivity contribution in [3.8, 4) is 0 Å². The molecule has 0 aromatic carbocycles. The van der Waals surface area contributed by atoms with Gasteiger partial charge in [0.15, 0.2) is 0 Å². The van der Waals surface area contributed by atoms with Crippen LogP contribution in [0.1, 0.15) is 77.6 Å². The average molecular weight is 339 g/mol. The Labute approximate surface area is 135 Å². The number of hydrogen-bond acceptors (Lipinski definition) is 5. The third-order valence-corrected chi connectivity index (χ3v) is 4.29. The van der Waals surface area contributed by atoms with Gasteiger partial charge in [-0.3, -0.25) is 14.6 Å². The minimum atomic E-state index is -3.94. The lowest BCUT2D eigenvalue weighted by Gasteiger charge is -2.13. The predicted octanol–water partition coefficient (Wildman–Crippen LogP) is 3.81. The van der Waals surface area contributed by atoms with Crippen LogP contribution in [-0.4, -0.2) is 42.3 Å². The maximum Gasteiger partial charge on any atom is 0.264 e. The summed E-state index contributed by atoms with van der Waals surface area (Å²) < 4.78 is 29.5. The molecule has 0 aliphatic carbocycles. The Bertz CT molecular complexity index is 335. The van der Waals surface area contributed by atoms with E-state index in [-0.39, 0.29) is 18.8 Å². The normalized spacial score (nSPS) is 12.2. The molecular weight excluding hydrogens is 306 g/mol. The zero-order valence-corrected chi connectivity index (χ0v) is 14.7. The van der Waals surface area contributed by atoms with Crippen LogP contribution in [0.25, 0.3) is 0 Å². The highest BCUT2D eigenvalue weighted by atomic mass is 32.2. The quantitative estimate of drug-likeness (QED) is 0.253. The molecule has 0 aromatic rings. The molecule has 0 fully saturated rings. The summed E-state index contributed by atoms with van der Waals surface area (Å²) in [5.41, 5.74) is 0. The molecule has 0 unspecified atom stereocenters. The van der Waals surface area contributed by atoms with Crippen molar-refractivity contribution >= 4 is 10.1 Å². The van der Waals surface area contributed by atoms with E-state index in [0.29, 0.717) is 6.54 Å². The van der Waals surface area contributed by atoms with Crippen LogP contribution >= 0.6 is 0 Å². The molecule has 6 nitrogen and oxygen atoms in total. The van der Waals surface area contributed by atoms with Crippen molar-refractivity contribution in [1.29, 1.82) is 0 Å². The highest BCUT2D eigenvalue weighted by Gasteiger charge is 2.05. The molecule has 0 amide bonds. The lowest BCUT2D eigenvalue weighted by Crippen LogP contribution is -2.22. The average Bonchev–Trinajstić information content (AvgIpc) is 2.44. The van der Waals surface area contributed by atoms with Crippen molar-refractivity contribution in [3.63, 3.8) is 0 Å². The van der Waals surface area contributed by atoms with E-state index >= 15 is 0 Å². The van der Waals surface area contributed by atoms with Crippen molar-refractivity contribution in [2.75, 3.05) is 18.9 Å². The highest BCUT2D eigenvalue weighted by Crippen LogP contribution is 2.10. The summed E-state index contributed by atoms with van der Waals surface area (Å²) >= 11 is 0. The Morgan fingerprint density at radius 3 is 1.86 bits per heavy atom. The van der Waals surface area contributed by atoms with E-state index in [1.807, 2.05) is 0 Å². The van der Waals surface area contributed by atoms with Gasteiger partial charge in [-0.05, 0) is 12.8 Å². The van der Waals surface area contributed by atoms with E-state index in [9.17, 15) is 13.6 Å². The van der Waals surface area contributed by atoms with Gasteiger partial charge in [0, 0.05) is 0 Å². The van der Waals surface area contributed by atoms with Crippen molar-refractivity contribution in [2.24, 2.45) is 0 Å². The molecule has 7 heteroatoms. The van der Waals surface area contributed by atoms with Crippen LogP contribution in [0.2, 0.25) is 0 Å². The summed E-state index contributed by atoms with van der Waals surface area (Å²) in [6, 6.07) is 0. The molecule has 0 spiro atoms. The maximum atomic E-state index is 10.5. The summed E-state index contributed by atoms with van der Waals surface area (Å²) in [4.78, 5) is 4.93. The van der Waals surface area contributed by atoms with Crippen LogP contribution in [0.3, 0.4) is 0 Å². The molecule has 0 rings (SSSR count). The van der Waals surface area contributed by atoms with Gasteiger partial charge in [0.05, 0.1) is 18.9 Å². The molecule has 0 atom stereocenters. The summed E-state index contributed by atoms with van der Waals surface area (Å²) in [5.74, 6) is -0.348. The van der Waals surface area contributed by atoms with E-state index in [2.05, 4.69) is 6.92 Å². The summed E-state index contributed by atoms with van der Waals surface area (Å²) in [6.45, 7) is 2.72. The third-order valence-electron chi connectivity index (χ3n) is 3.49. The van der Waals surface area contributed by atoms with Crippen LogP contribution in [-0.2, 0) is 15.0 Å². The van der Waals surface area contributed by atoms with E-state index in [0.717, 1.165) is 18.1 Å². The van der Waals surface area contributed by atoms with Crippen LogP contribution in [0.5, 0.6) is 0 Å². The lowest BCUT2D eigenvalue weighted by molar-refractivity contribution is -0.340. The fraction of sp³-hybridized carbons (Fsp3) is 1.00. The zero-order chi connectivity index (χ0) is 16.7. The molecule has 0 aliphatic rings. The van der Waals surface area contributed by atoms with Gasteiger partial charge in [-0.15, -0.1) is 0 Å². The molecule has 0 heterocycles. The van der Waals surface area contributed by atoms with E-state index in [4.69, 9.17) is 9.39 Å². The standard InChI is InChI=1S/C15H33NO5S/c1-2-3-4-5-6-7-8-9-10-11-13-16(17)21-14-12-15-22(18,19)20/h17H,2-15H2,1H3,(H,18,19,20). The Kier molecular flexibility index (Phi) is 14.2. The minimum absolute atomic E-state index is 0.0774. The van der Waals surface area contributed by atoms with Crippen LogP contribution < -0.4 is 0 Å². The Morgan fingerprint density at radius 1 is 0.864 bits per heavy atom. The molecule has 0 bridgehead atoms. The first-order chi connectivity index (χ1) is 10.5. The van der Waals surface area contributed by atoms with Crippen molar-refractivity contribution < 1.29 is 23.0 Å². The number of rotatable bonds is 16. The first-order valence-electron chi connectivity index (χ1n) is 8.50. The van der Waals surface area contributed by atoms with Gasteiger partial charge in [-0.1, -0.05) is 69.9 Å². The lowest BCUT2D eigenvalue weighted by atomic mass is 10.1. The van der Waals surface area contributed by atoms with Crippen molar-refractivity contribution in [2.45, 2.75) is 77.6 Å². The Morgan fingerprint density at radius 2 is 1.36 bits per heavy atom.